The molecule has 1 aliphatic carbocycles. The largest absolute Gasteiger partial charge is 0.394 e. The Morgan fingerprint density at radius 3 is 3.08 bits per heavy atom. The third-order valence-electron chi connectivity index (χ3n) is 5.14. The van der Waals surface area contributed by atoms with Crippen LogP contribution in [0.25, 0.3) is 0 Å². The first-order chi connectivity index (χ1) is 11.6. The standard InChI is InChI=1S/C19H28N2O3/c1-13-5-6-15-11-14(2)18(17(15)10-13)20-19(23)21-7-3-4-16(12-21)24-9-8-22/h5-6,10,14,16,18,22H,3-4,7-9,11-12H2,1-2H3,(H,20,23)/t14-,16-,18+/m0/s1. The number of benzene rings is 1. The van der Waals surface area contributed by atoms with Crippen LogP contribution in [-0.4, -0.2) is 48.4 Å². The number of fused-ring (bicyclic) bond motifs is 1. The first-order valence-corrected chi connectivity index (χ1v) is 8.96. The zero-order chi connectivity index (χ0) is 17.1. The number of hydrogen-bond donors (Lipinski definition) is 2. The van der Waals surface area contributed by atoms with Crippen LogP contribution in [0.1, 0.15) is 42.5 Å². The molecule has 5 nitrogen and oxygen atoms in total. The summed E-state index contributed by atoms with van der Waals surface area (Å²) >= 11 is 0. The van der Waals surface area contributed by atoms with Gasteiger partial charge in [0.2, 0.25) is 0 Å². The maximum absolute atomic E-state index is 12.7. The molecule has 0 radical (unpaired) electrons. The fourth-order valence-corrected chi connectivity index (χ4v) is 3.88. The Kier molecular flexibility index (Phi) is 5.41. The Morgan fingerprint density at radius 1 is 1.46 bits per heavy atom. The van der Waals surface area contributed by atoms with Crippen LogP contribution in [0, 0.1) is 12.8 Å². The van der Waals surface area contributed by atoms with Gasteiger partial charge in [-0.3, -0.25) is 0 Å². The monoisotopic (exact) mass is 332 g/mol. The minimum atomic E-state index is -0.00138. The van der Waals surface area contributed by atoms with Crippen LogP contribution < -0.4 is 5.32 Å². The fraction of sp³-hybridized carbons (Fsp3) is 0.632. The van der Waals surface area contributed by atoms with Crippen molar-refractivity contribution in [2.24, 2.45) is 5.92 Å². The summed E-state index contributed by atoms with van der Waals surface area (Å²) in [6.07, 6.45) is 2.95. The molecule has 132 valence electrons. The van der Waals surface area contributed by atoms with Gasteiger partial charge in [-0.05, 0) is 43.2 Å². The van der Waals surface area contributed by atoms with E-state index in [4.69, 9.17) is 9.84 Å². The van der Waals surface area contributed by atoms with Crippen LogP contribution in [0.3, 0.4) is 0 Å². The molecule has 3 atom stereocenters. The van der Waals surface area contributed by atoms with Crippen LogP contribution in [0.15, 0.2) is 18.2 Å². The average Bonchev–Trinajstić information content (AvgIpc) is 2.88. The number of aliphatic hydroxyl groups excluding tert-OH is 1. The second-order valence-corrected chi connectivity index (χ2v) is 7.12. The first kappa shape index (κ1) is 17.2. The summed E-state index contributed by atoms with van der Waals surface area (Å²) < 4.78 is 5.60. The van der Waals surface area contributed by atoms with Crippen LogP contribution >= 0.6 is 0 Å². The number of urea groups is 1. The van der Waals surface area contributed by atoms with E-state index < -0.39 is 0 Å². The van der Waals surface area contributed by atoms with Crippen molar-refractivity contribution < 1.29 is 14.6 Å². The highest BCUT2D eigenvalue weighted by molar-refractivity contribution is 5.75. The molecular weight excluding hydrogens is 304 g/mol. The molecule has 1 fully saturated rings. The molecule has 5 heteroatoms. The number of piperidine rings is 1. The summed E-state index contributed by atoms with van der Waals surface area (Å²) in [6, 6.07) is 6.62. The number of amides is 2. The molecule has 1 heterocycles. The number of ether oxygens (including phenoxy) is 1. The van der Waals surface area contributed by atoms with Gasteiger partial charge in [0.25, 0.3) is 0 Å². The molecule has 0 bridgehead atoms. The normalized spacial score (nSPS) is 26.3. The van der Waals surface area contributed by atoms with Crippen LogP contribution in [0.4, 0.5) is 4.79 Å². The predicted molar refractivity (Wildman–Crippen MR) is 93.0 cm³/mol. The molecule has 3 rings (SSSR count). The quantitative estimate of drug-likeness (QED) is 0.890. The van der Waals surface area contributed by atoms with Crippen LogP contribution in [-0.2, 0) is 11.2 Å². The number of carbonyl (C=O) groups excluding carboxylic acids is 1. The van der Waals surface area contributed by atoms with Gasteiger partial charge in [0.15, 0.2) is 0 Å². The molecule has 2 aliphatic rings. The van der Waals surface area contributed by atoms with Crippen LogP contribution in [0.5, 0.6) is 0 Å². The number of rotatable bonds is 4. The van der Waals surface area contributed by atoms with E-state index in [1.54, 1.807) is 0 Å². The van der Waals surface area contributed by atoms with Gasteiger partial charge < -0.3 is 20.1 Å². The highest BCUT2D eigenvalue weighted by Crippen LogP contribution is 2.36. The number of nitrogens with one attached hydrogen (secondary N) is 1. The van der Waals surface area contributed by atoms with Crippen molar-refractivity contribution in [3.05, 3.63) is 34.9 Å². The lowest BCUT2D eigenvalue weighted by Gasteiger charge is -2.34. The molecule has 0 spiro atoms. The molecule has 0 aromatic heterocycles. The van der Waals surface area contributed by atoms with E-state index in [0.717, 1.165) is 25.8 Å². The Balaban J connectivity index is 1.63. The summed E-state index contributed by atoms with van der Waals surface area (Å²) in [5, 5.41) is 12.1. The second kappa shape index (κ2) is 7.53. The third-order valence-corrected chi connectivity index (χ3v) is 5.14. The summed E-state index contributed by atoms with van der Waals surface area (Å²) in [5.74, 6) is 0.414. The lowest BCUT2D eigenvalue weighted by atomic mass is 10.0. The molecule has 24 heavy (non-hydrogen) atoms. The average molecular weight is 332 g/mol. The highest BCUT2D eigenvalue weighted by Gasteiger charge is 2.33. The van der Waals surface area contributed by atoms with E-state index >= 15 is 0 Å². The number of likely N-dealkylation sites (tertiary alicyclic amines) is 1. The number of nitrogens with zero attached hydrogens (tertiary/aromatic N) is 1. The number of hydrogen-bond acceptors (Lipinski definition) is 3. The van der Waals surface area contributed by atoms with Gasteiger partial charge in [0.05, 0.1) is 25.4 Å². The lowest BCUT2D eigenvalue weighted by molar-refractivity contribution is -0.00610. The van der Waals surface area contributed by atoms with E-state index in [9.17, 15) is 4.79 Å². The van der Waals surface area contributed by atoms with Crippen molar-refractivity contribution in [3.63, 3.8) is 0 Å². The van der Waals surface area contributed by atoms with Gasteiger partial charge in [0.1, 0.15) is 0 Å². The molecule has 1 aliphatic heterocycles. The summed E-state index contributed by atoms with van der Waals surface area (Å²) in [7, 11) is 0. The number of aliphatic hydroxyl groups is 1. The SMILES string of the molecule is Cc1ccc2c(c1)[C@H](NC(=O)N1CCC[C@H](OCCO)C1)[C@@H](C)C2. The van der Waals surface area contributed by atoms with Gasteiger partial charge in [0, 0.05) is 13.1 Å². The second-order valence-electron chi connectivity index (χ2n) is 7.12. The maximum Gasteiger partial charge on any atom is 0.317 e. The van der Waals surface area contributed by atoms with Crippen molar-refractivity contribution in [2.75, 3.05) is 26.3 Å². The van der Waals surface area contributed by atoms with E-state index in [0.29, 0.717) is 19.1 Å². The van der Waals surface area contributed by atoms with E-state index in [1.165, 1.54) is 16.7 Å². The van der Waals surface area contributed by atoms with Gasteiger partial charge >= 0.3 is 6.03 Å². The molecular formula is C19H28N2O3. The van der Waals surface area contributed by atoms with Gasteiger partial charge in [-0.15, -0.1) is 0 Å². The predicted octanol–water partition coefficient (Wildman–Crippen LogP) is 2.41. The summed E-state index contributed by atoms with van der Waals surface area (Å²) in [4.78, 5) is 14.6. The molecule has 1 aromatic carbocycles. The number of aryl methyl sites for hydroxylation is 1. The third kappa shape index (κ3) is 3.73. The topological polar surface area (TPSA) is 61.8 Å². The summed E-state index contributed by atoms with van der Waals surface area (Å²) in [6.45, 7) is 6.03. The van der Waals surface area contributed by atoms with Crippen molar-refractivity contribution in [1.82, 2.24) is 10.2 Å². The smallest absolute Gasteiger partial charge is 0.317 e. The highest BCUT2D eigenvalue weighted by atomic mass is 16.5. The molecule has 0 saturated carbocycles. The Hall–Kier alpha value is -1.59. The Morgan fingerprint density at radius 2 is 2.29 bits per heavy atom. The fourth-order valence-electron chi connectivity index (χ4n) is 3.88. The summed E-state index contributed by atoms with van der Waals surface area (Å²) in [5.41, 5.74) is 3.85. The zero-order valence-corrected chi connectivity index (χ0v) is 14.6. The molecule has 1 saturated heterocycles. The number of carbonyl (C=O) groups is 1. The van der Waals surface area contributed by atoms with Crippen molar-refractivity contribution >= 4 is 6.03 Å². The van der Waals surface area contributed by atoms with Gasteiger partial charge in [-0.25, -0.2) is 4.79 Å². The van der Waals surface area contributed by atoms with E-state index in [2.05, 4.69) is 37.4 Å². The van der Waals surface area contributed by atoms with E-state index in [-0.39, 0.29) is 24.8 Å². The molecule has 0 unspecified atom stereocenters. The first-order valence-electron chi connectivity index (χ1n) is 8.96. The zero-order valence-electron chi connectivity index (χ0n) is 14.6. The Bertz CT molecular complexity index is 590. The van der Waals surface area contributed by atoms with Crippen molar-refractivity contribution in [2.45, 2.75) is 45.3 Å². The van der Waals surface area contributed by atoms with E-state index in [1.807, 2.05) is 4.90 Å². The Labute approximate surface area is 144 Å². The van der Waals surface area contributed by atoms with Gasteiger partial charge in [-0.1, -0.05) is 30.7 Å². The minimum absolute atomic E-state index is 0.00138. The van der Waals surface area contributed by atoms with Crippen molar-refractivity contribution in [3.8, 4) is 0 Å². The lowest BCUT2D eigenvalue weighted by Crippen LogP contribution is -2.49. The maximum atomic E-state index is 12.7. The van der Waals surface area contributed by atoms with Crippen molar-refractivity contribution in [1.29, 1.82) is 0 Å². The molecule has 1 aromatic rings. The van der Waals surface area contributed by atoms with Gasteiger partial charge in [-0.2, -0.15) is 0 Å². The minimum Gasteiger partial charge on any atom is -0.394 e. The molecule has 2 N–H and O–H groups in total. The van der Waals surface area contributed by atoms with Crippen LogP contribution in [0.2, 0.25) is 0 Å². The molecule has 2 amide bonds.